The Hall–Kier alpha value is -0.610. The van der Waals surface area contributed by atoms with Crippen molar-refractivity contribution in [2.45, 2.75) is 51.0 Å². The molecule has 0 radical (unpaired) electrons. The average molecular weight is 242 g/mol. The number of nitrogens with two attached hydrogens (primary N) is 1. The quantitative estimate of drug-likeness (QED) is 0.693. The van der Waals surface area contributed by atoms with Crippen LogP contribution in [-0.2, 0) is 9.53 Å². The highest BCUT2D eigenvalue weighted by atomic mass is 16.5. The Balaban J connectivity index is 2.45. The summed E-state index contributed by atoms with van der Waals surface area (Å²) in [4.78, 5) is 11.5. The summed E-state index contributed by atoms with van der Waals surface area (Å²) in [5.74, 6) is 0.191. The van der Waals surface area contributed by atoms with Crippen LogP contribution in [0.3, 0.4) is 0 Å². The van der Waals surface area contributed by atoms with Crippen molar-refractivity contribution in [2.75, 3.05) is 20.3 Å². The molecule has 0 aromatic carbocycles. The summed E-state index contributed by atoms with van der Waals surface area (Å²) in [6.45, 7) is 1.32. The van der Waals surface area contributed by atoms with Gasteiger partial charge in [0.15, 0.2) is 0 Å². The first-order valence-electron chi connectivity index (χ1n) is 6.77. The first kappa shape index (κ1) is 14.5. The summed E-state index contributed by atoms with van der Waals surface area (Å²) in [5.41, 5.74) is 5.50. The molecule has 17 heavy (non-hydrogen) atoms. The third-order valence-corrected chi connectivity index (χ3v) is 3.60. The monoisotopic (exact) mass is 242 g/mol. The van der Waals surface area contributed by atoms with E-state index < -0.39 is 0 Å². The van der Waals surface area contributed by atoms with Crippen LogP contribution in [0.1, 0.15) is 44.9 Å². The van der Waals surface area contributed by atoms with Crippen LogP contribution in [0.15, 0.2) is 0 Å². The second-order valence-electron chi connectivity index (χ2n) is 4.93. The fraction of sp³-hybridized carbons (Fsp3) is 0.923. The van der Waals surface area contributed by atoms with Crippen LogP contribution in [0.4, 0.5) is 0 Å². The number of hydrogen-bond acceptors (Lipinski definition) is 3. The summed E-state index contributed by atoms with van der Waals surface area (Å²) >= 11 is 0. The number of amides is 1. The normalized spacial score (nSPS) is 20.5. The fourth-order valence-electron chi connectivity index (χ4n) is 2.64. The molecule has 1 rings (SSSR count). The minimum Gasteiger partial charge on any atom is -0.383 e. The Morgan fingerprint density at radius 3 is 2.41 bits per heavy atom. The van der Waals surface area contributed by atoms with E-state index in [2.05, 4.69) is 5.32 Å². The third kappa shape index (κ3) is 5.50. The highest BCUT2D eigenvalue weighted by molar-refractivity contribution is 5.80. The topological polar surface area (TPSA) is 64.3 Å². The zero-order valence-electron chi connectivity index (χ0n) is 10.9. The lowest BCUT2D eigenvalue weighted by Gasteiger charge is -2.27. The number of nitrogens with one attached hydrogen (secondary N) is 1. The number of carbonyl (C=O) groups excluding carboxylic acids is 1. The molecule has 0 aliphatic heterocycles. The largest absolute Gasteiger partial charge is 0.383 e. The van der Waals surface area contributed by atoms with E-state index in [0.717, 1.165) is 12.8 Å². The summed E-state index contributed by atoms with van der Waals surface area (Å²) in [7, 11) is 1.66. The van der Waals surface area contributed by atoms with E-state index in [9.17, 15) is 4.79 Å². The molecule has 100 valence electrons. The molecule has 1 unspecified atom stereocenters. The number of carbonyl (C=O) groups is 1. The molecule has 0 heterocycles. The summed E-state index contributed by atoms with van der Waals surface area (Å²) in [5, 5.41) is 3.24. The van der Waals surface area contributed by atoms with Crippen molar-refractivity contribution in [2.24, 2.45) is 11.7 Å². The van der Waals surface area contributed by atoms with Crippen LogP contribution in [0.2, 0.25) is 0 Å². The molecule has 4 nitrogen and oxygen atoms in total. The van der Waals surface area contributed by atoms with Gasteiger partial charge in [-0.1, -0.05) is 32.1 Å². The van der Waals surface area contributed by atoms with E-state index in [-0.39, 0.29) is 11.9 Å². The van der Waals surface area contributed by atoms with Crippen LogP contribution in [-0.4, -0.2) is 32.2 Å². The van der Waals surface area contributed by atoms with Gasteiger partial charge >= 0.3 is 0 Å². The van der Waals surface area contributed by atoms with E-state index >= 15 is 0 Å². The molecule has 0 bridgehead atoms. The van der Waals surface area contributed by atoms with Gasteiger partial charge in [0.2, 0.25) is 5.91 Å². The predicted octanol–water partition coefficient (Wildman–Crippen LogP) is 1.44. The van der Waals surface area contributed by atoms with Gasteiger partial charge < -0.3 is 15.8 Å². The molecule has 1 aliphatic carbocycles. The maximum Gasteiger partial charge on any atom is 0.234 e. The molecule has 3 N–H and O–H groups in total. The smallest absolute Gasteiger partial charge is 0.234 e. The Labute approximate surface area is 104 Å². The maximum absolute atomic E-state index is 11.5. The van der Waals surface area contributed by atoms with Crippen LogP contribution in [0.25, 0.3) is 0 Å². The van der Waals surface area contributed by atoms with Crippen LogP contribution >= 0.6 is 0 Å². The Bertz CT molecular complexity index is 213. The first-order chi connectivity index (χ1) is 8.25. The van der Waals surface area contributed by atoms with Crippen LogP contribution in [0, 0.1) is 5.92 Å². The summed E-state index contributed by atoms with van der Waals surface area (Å²) < 4.78 is 4.99. The van der Waals surface area contributed by atoms with Gasteiger partial charge in [-0.3, -0.25) is 4.79 Å². The zero-order valence-corrected chi connectivity index (χ0v) is 10.9. The zero-order chi connectivity index (χ0) is 12.5. The Kier molecular flexibility index (Phi) is 7.21. The molecular formula is C13H26N2O2. The van der Waals surface area contributed by atoms with Crippen molar-refractivity contribution >= 4 is 5.91 Å². The molecule has 0 saturated heterocycles. The number of ether oxygens (including phenoxy) is 1. The van der Waals surface area contributed by atoms with Gasteiger partial charge in [-0.25, -0.2) is 0 Å². The number of methoxy groups -OCH3 is 1. The van der Waals surface area contributed by atoms with Gasteiger partial charge in [0.25, 0.3) is 0 Å². The SMILES string of the molecule is COCCNC(C(N)=O)C1CCCCCCC1. The fourth-order valence-corrected chi connectivity index (χ4v) is 2.64. The van der Waals surface area contributed by atoms with Gasteiger partial charge in [0.05, 0.1) is 12.6 Å². The van der Waals surface area contributed by atoms with E-state index in [1.807, 2.05) is 0 Å². The lowest BCUT2D eigenvalue weighted by Crippen LogP contribution is -2.47. The minimum absolute atomic E-state index is 0.178. The van der Waals surface area contributed by atoms with Crippen molar-refractivity contribution in [3.05, 3.63) is 0 Å². The molecule has 0 aromatic rings. The van der Waals surface area contributed by atoms with Crippen LogP contribution < -0.4 is 11.1 Å². The molecule has 4 heteroatoms. The van der Waals surface area contributed by atoms with Gasteiger partial charge in [0, 0.05) is 13.7 Å². The van der Waals surface area contributed by atoms with Gasteiger partial charge in [0.1, 0.15) is 0 Å². The van der Waals surface area contributed by atoms with Crippen molar-refractivity contribution in [3.8, 4) is 0 Å². The average Bonchev–Trinajstić information content (AvgIpc) is 2.25. The third-order valence-electron chi connectivity index (χ3n) is 3.60. The maximum atomic E-state index is 11.5. The minimum atomic E-state index is -0.216. The molecule has 1 fully saturated rings. The molecule has 1 saturated carbocycles. The second-order valence-corrected chi connectivity index (χ2v) is 4.93. The van der Waals surface area contributed by atoms with Gasteiger partial charge in [-0.15, -0.1) is 0 Å². The number of primary amides is 1. The highest BCUT2D eigenvalue weighted by Crippen LogP contribution is 2.24. The molecule has 1 atom stereocenters. The van der Waals surface area contributed by atoms with E-state index in [1.54, 1.807) is 7.11 Å². The molecule has 1 amide bonds. The van der Waals surface area contributed by atoms with Crippen molar-refractivity contribution in [1.82, 2.24) is 5.32 Å². The van der Waals surface area contributed by atoms with Gasteiger partial charge in [-0.05, 0) is 18.8 Å². The molecular weight excluding hydrogens is 216 g/mol. The van der Waals surface area contributed by atoms with Crippen molar-refractivity contribution < 1.29 is 9.53 Å². The molecule has 1 aliphatic rings. The van der Waals surface area contributed by atoms with Crippen LogP contribution in [0.5, 0.6) is 0 Å². The lowest BCUT2D eigenvalue weighted by atomic mass is 9.85. The molecule has 0 spiro atoms. The lowest BCUT2D eigenvalue weighted by molar-refractivity contribution is -0.121. The highest BCUT2D eigenvalue weighted by Gasteiger charge is 2.25. The van der Waals surface area contributed by atoms with E-state index in [1.165, 1.54) is 32.1 Å². The predicted molar refractivity (Wildman–Crippen MR) is 68.7 cm³/mol. The van der Waals surface area contributed by atoms with Crippen molar-refractivity contribution in [1.29, 1.82) is 0 Å². The summed E-state index contributed by atoms with van der Waals surface area (Å²) in [6, 6.07) is -0.178. The standard InChI is InChI=1S/C13H26N2O2/c1-17-10-9-15-12(13(14)16)11-7-5-3-2-4-6-8-11/h11-12,15H,2-10H2,1H3,(H2,14,16). The van der Waals surface area contributed by atoms with E-state index in [0.29, 0.717) is 19.1 Å². The van der Waals surface area contributed by atoms with Gasteiger partial charge in [-0.2, -0.15) is 0 Å². The Morgan fingerprint density at radius 1 is 1.29 bits per heavy atom. The Morgan fingerprint density at radius 2 is 1.88 bits per heavy atom. The van der Waals surface area contributed by atoms with Crippen molar-refractivity contribution in [3.63, 3.8) is 0 Å². The number of hydrogen-bond donors (Lipinski definition) is 2. The second kappa shape index (κ2) is 8.48. The first-order valence-corrected chi connectivity index (χ1v) is 6.77. The number of rotatable bonds is 6. The molecule has 0 aromatic heterocycles. The van der Waals surface area contributed by atoms with E-state index in [4.69, 9.17) is 10.5 Å². The summed E-state index contributed by atoms with van der Waals surface area (Å²) in [6.07, 6.45) is 8.60.